The summed E-state index contributed by atoms with van der Waals surface area (Å²) in [7, 11) is -3.26. The summed E-state index contributed by atoms with van der Waals surface area (Å²) >= 11 is 3.39. The maximum Gasteiger partial charge on any atom is 0.356 e. The number of hydrogen-bond donors (Lipinski definition) is 0. The molecule has 2 heterocycles. The third-order valence-electron chi connectivity index (χ3n) is 4.59. The van der Waals surface area contributed by atoms with Crippen LogP contribution in [-0.2, 0) is 30.8 Å². The Hall–Kier alpha value is -1.67. The molecule has 0 spiro atoms. The number of ether oxygens (including phenoxy) is 1. The number of rotatable bonds is 5. The minimum Gasteiger partial charge on any atom is -0.456 e. The second kappa shape index (κ2) is 6.57. The van der Waals surface area contributed by atoms with Crippen LogP contribution in [-0.4, -0.2) is 37.5 Å². The summed E-state index contributed by atoms with van der Waals surface area (Å²) in [6.07, 6.45) is 2.53. The smallest absolute Gasteiger partial charge is 0.356 e. The van der Waals surface area contributed by atoms with E-state index in [2.05, 4.69) is 15.9 Å². The Morgan fingerprint density at radius 3 is 2.52 bits per heavy atom. The first kappa shape index (κ1) is 18.1. The number of carbonyl (C=O) groups is 2. The third kappa shape index (κ3) is 3.25. The molecule has 0 aliphatic carbocycles. The summed E-state index contributed by atoms with van der Waals surface area (Å²) in [5.41, 5.74) is 0.959. The van der Waals surface area contributed by atoms with Crippen LogP contribution in [0, 0.1) is 5.92 Å². The van der Waals surface area contributed by atoms with E-state index in [0.717, 1.165) is 12.7 Å². The van der Waals surface area contributed by atoms with Gasteiger partial charge < -0.3 is 9.64 Å². The monoisotopic (exact) mass is 427 g/mol. The number of amides is 1. The second-order valence-corrected chi connectivity index (χ2v) is 9.21. The van der Waals surface area contributed by atoms with Crippen LogP contribution in [0.4, 0.5) is 0 Å². The molecule has 2 unspecified atom stereocenters. The summed E-state index contributed by atoms with van der Waals surface area (Å²) in [5.74, 6) is -0.614. The summed E-state index contributed by atoms with van der Waals surface area (Å²) in [6.45, 7) is 1.97. The lowest BCUT2D eigenvalue weighted by molar-refractivity contribution is -0.157. The molecule has 1 aromatic carbocycles. The number of benzene rings is 1. The molecule has 0 bridgehead atoms. The van der Waals surface area contributed by atoms with E-state index in [-0.39, 0.29) is 35.1 Å². The molecule has 8 heteroatoms. The SMILES string of the molecule is CCC1C(=O)N2C(C(=O)OCc3ccc(S(C)(=O)=O)cc3)=C(Br)CC12. The molecule has 0 N–H and O–H groups in total. The van der Waals surface area contributed by atoms with E-state index in [1.165, 1.54) is 17.0 Å². The van der Waals surface area contributed by atoms with E-state index in [1.807, 2.05) is 6.92 Å². The van der Waals surface area contributed by atoms with Crippen molar-refractivity contribution < 1.29 is 22.7 Å². The predicted octanol–water partition coefficient (Wildman–Crippen LogP) is 2.38. The molecule has 3 rings (SSSR count). The average molecular weight is 428 g/mol. The number of carbonyl (C=O) groups excluding carboxylic acids is 2. The highest BCUT2D eigenvalue weighted by Crippen LogP contribution is 2.45. The van der Waals surface area contributed by atoms with Gasteiger partial charge in [0.15, 0.2) is 9.84 Å². The highest BCUT2D eigenvalue weighted by molar-refractivity contribution is 9.11. The Bertz CT molecular complexity index is 860. The van der Waals surface area contributed by atoms with E-state index < -0.39 is 15.8 Å². The van der Waals surface area contributed by atoms with Gasteiger partial charge in [0.25, 0.3) is 0 Å². The number of nitrogens with zero attached hydrogens (tertiary/aromatic N) is 1. The van der Waals surface area contributed by atoms with Crippen molar-refractivity contribution in [3.05, 3.63) is 40.0 Å². The molecule has 1 saturated heterocycles. The number of esters is 1. The zero-order valence-electron chi connectivity index (χ0n) is 13.9. The zero-order chi connectivity index (χ0) is 18.4. The van der Waals surface area contributed by atoms with E-state index in [0.29, 0.717) is 16.5 Å². The molecule has 0 aromatic heterocycles. The highest BCUT2D eigenvalue weighted by Gasteiger charge is 2.54. The lowest BCUT2D eigenvalue weighted by Gasteiger charge is -2.43. The fourth-order valence-electron chi connectivity index (χ4n) is 3.23. The fourth-order valence-corrected chi connectivity index (χ4v) is 4.55. The molecule has 0 radical (unpaired) electrons. The van der Waals surface area contributed by atoms with Crippen LogP contribution in [0.15, 0.2) is 39.3 Å². The van der Waals surface area contributed by atoms with Crippen LogP contribution in [0.1, 0.15) is 25.3 Å². The molecule has 6 nitrogen and oxygen atoms in total. The van der Waals surface area contributed by atoms with Gasteiger partial charge in [-0.2, -0.15) is 0 Å². The predicted molar refractivity (Wildman–Crippen MR) is 94.3 cm³/mol. The zero-order valence-corrected chi connectivity index (χ0v) is 16.3. The standard InChI is InChI=1S/C17H18BrNO5S/c1-3-12-14-8-13(18)15(19(14)16(12)20)17(21)24-9-10-4-6-11(7-5-10)25(2,22)23/h4-7,12,14H,3,8-9H2,1-2H3. The molecule has 0 saturated carbocycles. The third-order valence-corrected chi connectivity index (χ3v) is 6.42. The largest absolute Gasteiger partial charge is 0.456 e. The minimum atomic E-state index is -3.26. The van der Waals surface area contributed by atoms with Crippen LogP contribution in [0.3, 0.4) is 0 Å². The molecule has 25 heavy (non-hydrogen) atoms. The van der Waals surface area contributed by atoms with Crippen molar-refractivity contribution in [3.8, 4) is 0 Å². The molecule has 1 aromatic rings. The van der Waals surface area contributed by atoms with Gasteiger partial charge in [-0.25, -0.2) is 13.2 Å². The molecular formula is C17H18BrNO5S. The molecule has 2 aliphatic rings. The first-order valence-corrected chi connectivity index (χ1v) is 10.6. The van der Waals surface area contributed by atoms with Gasteiger partial charge in [-0.3, -0.25) is 4.79 Å². The average Bonchev–Trinajstić information content (AvgIpc) is 2.86. The van der Waals surface area contributed by atoms with Gasteiger partial charge >= 0.3 is 5.97 Å². The van der Waals surface area contributed by atoms with Gasteiger partial charge in [0, 0.05) is 17.2 Å². The summed E-state index contributed by atoms with van der Waals surface area (Å²) in [6, 6.07) is 6.20. The van der Waals surface area contributed by atoms with Gasteiger partial charge in [-0.1, -0.05) is 35.0 Å². The molecule has 2 aliphatic heterocycles. The van der Waals surface area contributed by atoms with Crippen molar-refractivity contribution in [2.24, 2.45) is 5.92 Å². The molecule has 134 valence electrons. The van der Waals surface area contributed by atoms with Crippen molar-refractivity contribution in [1.82, 2.24) is 4.90 Å². The van der Waals surface area contributed by atoms with Crippen LogP contribution in [0.25, 0.3) is 0 Å². The van der Waals surface area contributed by atoms with Gasteiger partial charge in [0.1, 0.15) is 12.3 Å². The van der Waals surface area contributed by atoms with Gasteiger partial charge in [-0.15, -0.1) is 0 Å². The van der Waals surface area contributed by atoms with Gasteiger partial charge in [0.05, 0.1) is 16.9 Å². The minimum absolute atomic E-state index is 0.0105. The lowest BCUT2D eigenvalue weighted by atomic mass is 9.85. The topological polar surface area (TPSA) is 80.8 Å². The quantitative estimate of drug-likeness (QED) is 0.532. The Balaban J connectivity index is 1.65. The van der Waals surface area contributed by atoms with Crippen LogP contribution in [0.2, 0.25) is 0 Å². The fraction of sp³-hybridized carbons (Fsp3) is 0.412. The molecule has 1 fully saturated rings. The first-order valence-electron chi connectivity index (χ1n) is 7.92. The maximum atomic E-state index is 12.4. The highest BCUT2D eigenvalue weighted by atomic mass is 79.9. The van der Waals surface area contributed by atoms with Crippen LogP contribution >= 0.6 is 15.9 Å². The van der Waals surface area contributed by atoms with E-state index in [9.17, 15) is 18.0 Å². The molecule has 1 amide bonds. The van der Waals surface area contributed by atoms with Gasteiger partial charge in [-0.05, 0) is 24.1 Å². The normalized spacial score (nSPS) is 22.7. The number of sulfone groups is 1. The number of fused-ring (bicyclic) bond motifs is 1. The molecular weight excluding hydrogens is 410 g/mol. The lowest BCUT2D eigenvalue weighted by Crippen LogP contribution is -2.58. The van der Waals surface area contributed by atoms with Crippen molar-refractivity contribution in [2.45, 2.75) is 37.3 Å². The van der Waals surface area contributed by atoms with Crippen LogP contribution < -0.4 is 0 Å². The van der Waals surface area contributed by atoms with Gasteiger partial charge in [0.2, 0.25) is 5.91 Å². The number of β-lactam (4-membered cyclic amide) rings is 1. The number of hydrogen-bond acceptors (Lipinski definition) is 5. The Morgan fingerprint density at radius 2 is 1.96 bits per heavy atom. The number of halogens is 1. The van der Waals surface area contributed by atoms with Crippen molar-refractivity contribution in [1.29, 1.82) is 0 Å². The summed E-state index contributed by atoms with van der Waals surface area (Å²) in [4.78, 5) is 26.3. The Labute approximate surface area is 154 Å². The maximum absolute atomic E-state index is 12.4. The van der Waals surface area contributed by atoms with E-state index in [4.69, 9.17) is 4.74 Å². The first-order chi connectivity index (χ1) is 11.7. The van der Waals surface area contributed by atoms with Crippen molar-refractivity contribution in [2.75, 3.05) is 6.26 Å². The summed E-state index contributed by atoms with van der Waals surface area (Å²) < 4.78 is 28.9. The van der Waals surface area contributed by atoms with Crippen molar-refractivity contribution >= 4 is 37.6 Å². The Kier molecular flexibility index (Phi) is 4.76. The molecule has 2 atom stereocenters. The second-order valence-electron chi connectivity index (χ2n) is 6.24. The van der Waals surface area contributed by atoms with E-state index >= 15 is 0 Å². The van der Waals surface area contributed by atoms with Crippen LogP contribution in [0.5, 0.6) is 0 Å². The van der Waals surface area contributed by atoms with Crippen molar-refractivity contribution in [3.63, 3.8) is 0 Å². The van der Waals surface area contributed by atoms with E-state index in [1.54, 1.807) is 12.1 Å². The summed E-state index contributed by atoms with van der Waals surface area (Å²) in [5, 5.41) is 0. The Morgan fingerprint density at radius 1 is 1.32 bits per heavy atom.